The summed E-state index contributed by atoms with van der Waals surface area (Å²) in [6.07, 6.45) is 14.1. The smallest absolute Gasteiger partial charge is 0.225 e. The minimum absolute atomic E-state index is 0.351. The minimum atomic E-state index is 0.351. The lowest BCUT2D eigenvalue weighted by atomic mass is 10.0. The molecule has 1 aliphatic heterocycles. The predicted octanol–water partition coefficient (Wildman–Crippen LogP) is 4.09. The maximum Gasteiger partial charge on any atom is 0.225 e. The number of hydrogen-bond donors (Lipinski definition) is 0. The van der Waals surface area contributed by atoms with Gasteiger partial charge in [0.2, 0.25) is 5.95 Å². The average molecular weight is 271 g/mol. The van der Waals surface area contributed by atoms with E-state index in [2.05, 4.69) is 53.9 Å². The zero-order valence-corrected chi connectivity index (χ0v) is 12.8. The van der Waals surface area contributed by atoms with Crippen LogP contribution in [0.5, 0.6) is 0 Å². The van der Waals surface area contributed by atoms with Gasteiger partial charge >= 0.3 is 0 Å². The Balaban J connectivity index is 2.01. The molecule has 0 N–H and O–H groups in total. The first kappa shape index (κ1) is 14.8. The fourth-order valence-electron chi connectivity index (χ4n) is 2.44. The third-order valence-corrected chi connectivity index (χ3v) is 3.95. The lowest BCUT2D eigenvalue weighted by Gasteiger charge is -2.15. The molecule has 3 nitrogen and oxygen atoms in total. The molecule has 1 saturated heterocycles. The van der Waals surface area contributed by atoms with Crippen molar-refractivity contribution in [2.75, 3.05) is 18.0 Å². The molecule has 0 radical (unpaired) electrons. The minimum Gasteiger partial charge on any atom is -0.341 e. The maximum absolute atomic E-state index is 4.52. The Morgan fingerprint density at radius 1 is 1.30 bits per heavy atom. The largest absolute Gasteiger partial charge is 0.341 e. The van der Waals surface area contributed by atoms with Crippen molar-refractivity contribution in [3.05, 3.63) is 41.8 Å². The van der Waals surface area contributed by atoms with Crippen molar-refractivity contribution < 1.29 is 0 Å². The third-order valence-electron chi connectivity index (χ3n) is 3.95. The van der Waals surface area contributed by atoms with Crippen LogP contribution in [0.3, 0.4) is 0 Å². The first-order valence-electron chi connectivity index (χ1n) is 7.65. The summed E-state index contributed by atoms with van der Waals surface area (Å²) in [5.41, 5.74) is 2.54. The van der Waals surface area contributed by atoms with Gasteiger partial charge in [0.25, 0.3) is 0 Å². The van der Waals surface area contributed by atoms with Gasteiger partial charge in [-0.15, -0.1) is 0 Å². The van der Waals surface area contributed by atoms with E-state index < -0.39 is 0 Å². The highest BCUT2D eigenvalue weighted by Crippen LogP contribution is 2.19. The Morgan fingerprint density at radius 2 is 1.95 bits per heavy atom. The van der Waals surface area contributed by atoms with Gasteiger partial charge < -0.3 is 4.90 Å². The van der Waals surface area contributed by atoms with Crippen molar-refractivity contribution in [3.8, 4) is 0 Å². The molecule has 1 aromatic heterocycles. The predicted molar refractivity (Wildman–Crippen MR) is 85.1 cm³/mol. The molecule has 3 heteroatoms. The number of aromatic nitrogens is 2. The van der Waals surface area contributed by atoms with E-state index in [0.29, 0.717) is 5.92 Å². The molecular weight excluding hydrogens is 246 g/mol. The fourth-order valence-corrected chi connectivity index (χ4v) is 2.44. The van der Waals surface area contributed by atoms with Gasteiger partial charge in [-0.25, -0.2) is 9.97 Å². The number of hydrogen-bond acceptors (Lipinski definition) is 3. The van der Waals surface area contributed by atoms with Gasteiger partial charge in [0.15, 0.2) is 0 Å². The summed E-state index contributed by atoms with van der Waals surface area (Å²) >= 11 is 0. The van der Waals surface area contributed by atoms with E-state index in [4.69, 9.17) is 0 Å². The molecule has 108 valence electrons. The SMILES string of the molecule is CC=C(C=CC(C)c1cnc(N2CCCC2)nc1)CC. The Labute approximate surface area is 122 Å². The fraction of sp³-hybridized carbons (Fsp3) is 0.529. The van der Waals surface area contributed by atoms with Crippen LogP contribution >= 0.6 is 0 Å². The summed E-state index contributed by atoms with van der Waals surface area (Å²) in [5.74, 6) is 1.23. The van der Waals surface area contributed by atoms with Gasteiger partial charge in [0.05, 0.1) is 0 Å². The topological polar surface area (TPSA) is 29.0 Å². The van der Waals surface area contributed by atoms with Crippen molar-refractivity contribution >= 4 is 5.95 Å². The molecule has 20 heavy (non-hydrogen) atoms. The summed E-state index contributed by atoms with van der Waals surface area (Å²) < 4.78 is 0. The van der Waals surface area contributed by atoms with Crippen molar-refractivity contribution in [2.45, 2.75) is 46.0 Å². The average Bonchev–Trinajstić information content (AvgIpc) is 3.02. The second-order valence-corrected chi connectivity index (χ2v) is 5.38. The highest BCUT2D eigenvalue weighted by Gasteiger charge is 2.14. The molecule has 0 bridgehead atoms. The van der Waals surface area contributed by atoms with Gasteiger partial charge in [-0.2, -0.15) is 0 Å². The Bertz CT molecular complexity index is 468. The monoisotopic (exact) mass is 271 g/mol. The van der Waals surface area contributed by atoms with Crippen molar-refractivity contribution in [3.63, 3.8) is 0 Å². The van der Waals surface area contributed by atoms with Crippen LogP contribution in [0.2, 0.25) is 0 Å². The van der Waals surface area contributed by atoms with E-state index in [1.165, 1.54) is 24.0 Å². The second kappa shape index (κ2) is 7.22. The van der Waals surface area contributed by atoms with E-state index in [9.17, 15) is 0 Å². The first-order chi connectivity index (χ1) is 9.74. The van der Waals surface area contributed by atoms with E-state index in [1.807, 2.05) is 12.4 Å². The van der Waals surface area contributed by atoms with Crippen LogP contribution in [0.15, 0.2) is 36.2 Å². The molecule has 2 heterocycles. The van der Waals surface area contributed by atoms with Crippen LogP contribution in [0.25, 0.3) is 0 Å². The zero-order valence-electron chi connectivity index (χ0n) is 12.8. The van der Waals surface area contributed by atoms with E-state index in [1.54, 1.807) is 0 Å². The lowest BCUT2D eigenvalue weighted by Crippen LogP contribution is -2.20. The van der Waals surface area contributed by atoms with Crippen molar-refractivity contribution in [2.24, 2.45) is 0 Å². The molecular formula is C17H25N3. The Morgan fingerprint density at radius 3 is 2.50 bits per heavy atom. The standard InChI is InChI=1S/C17H25N3/c1-4-15(5-2)9-8-14(3)16-12-18-17(19-13-16)20-10-6-7-11-20/h4,8-9,12-14H,5-7,10-11H2,1-3H3. The van der Waals surface area contributed by atoms with Crippen LogP contribution in [0.4, 0.5) is 5.95 Å². The van der Waals surface area contributed by atoms with Crippen LogP contribution in [-0.4, -0.2) is 23.1 Å². The van der Waals surface area contributed by atoms with Gasteiger partial charge in [0.1, 0.15) is 0 Å². The van der Waals surface area contributed by atoms with Crippen LogP contribution in [0, 0.1) is 0 Å². The molecule has 0 aliphatic carbocycles. The first-order valence-corrected chi connectivity index (χ1v) is 7.65. The zero-order chi connectivity index (χ0) is 14.4. The van der Waals surface area contributed by atoms with Gasteiger partial charge in [0, 0.05) is 31.4 Å². The summed E-state index contributed by atoms with van der Waals surface area (Å²) in [4.78, 5) is 11.3. The van der Waals surface area contributed by atoms with Crippen LogP contribution in [-0.2, 0) is 0 Å². The van der Waals surface area contributed by atoms with E-state index in [0.717, 1.165) is 25.5 Å². The van der Waals surface area contributed by atoms with Gasteiger partial charge in [-0.05, 0) is 31.7 Å². The van der Waals surface area contributed by atoms with Crippen molar-refractivity contribution in [1.29, 1.82) is 0 Å². The third kappa shape index (κ3) is 3.69. The number of anilines is 1. The second-order valence-electron chi connectivity index (χ2n) is 5.38. The summed E-state index contributed by atoms with van der Waals surface area (Å²) in [5, 5.41) is 0. The normalized spacial score (nSPS) is 17.9. The van der Waals surface area contributed by atoms with Gasteiger partial charge in [-0.1, -0.05) is 37.6 Å². The molecule has 2 rings (SSSR count). The Hall–Kier alpha value is -1.64. The highest BCUT2D eigenvalue weighted by molar-refractivity contribution is 5.32. The van der Waals surface area contributed by atoms with Crippen LogP contribution in [0.1, 0.15) is 51.5 Å². The summed E-state index contributed by atoms with van der Waals surface area (Å²) in [6.45, 7) is 8.64. The molecule has 1 aromatic rings. The molecule has 0 saturated carbocycles. The molecule has 0 spiro atoms. The van der Waals surface area contributed by atoms with E-state index in [-0.39, 0.29) is 0 Å². The number of rotatable bonds is 5. The summed E-state index contributed by atoms with van der Waals surface area (Å²) in [7, 11) is 0. The highest BCUT2D eigenvalue weighted by atomic mass is 15.3. The maximum atomic E-state index is 4.52. The number of allylic oxidation sites excluding steroid dienone is 4. The number of nitrogens with zero attached hydrogens (tertiary/aromatic N) is 3. The lowest BCUT2D eigenvalue weighted by molar-refractivity contribution is 0.870. The van der Waals surface area contributed by atoms with Gasteiger partial charge in [-0.3, -0.25) is 0 Å². The quantitative estimate of drug-likeness (QED) is 0.755. The van der Waals surface area contributed by atoms with E-state index >= 15 is 0 Å². The molecule has 1 fully saturated rings. The molecule has 0 amide bonds. The van der Waals surface area contributed by atoms with Crippen molar-refractivity contribution in [1.82, 2.24) is 9.97 Å². The molecule has 1 atom stereocenters. The Kier molecular flexibility index (Phi) is 5.33. The van der Waals surface area contributed by atoms with Crippen LogP contribution < -0.4 is 4.90 Å². The molecule has 1 unspecified atom stereocenters. The molecule has 0 aromatic carbocycles. The molecule has 1 aliphatic rings. The summed E-state index contributed by atoms with van der Waals surface area (Å²) in [6, 6.07) is 0.